The first kappa shape index (κ1) is 9.59. The highest BCUT2D eigenvalue weighted by molar-refractivity contribution is 5.82. The predicted octanol–water partition coefficient (Wildman–Crippen LogP) is 0.311. The van der Waals surface area contributed by atoms with Gasteiger partial charge in [0.15, 0.2) is 5.78 Å². The fraction of sp³-hybridized carbons (Fsp3) is 0.857. The van der Waals surface area contributed by atoms with Gasteiger partial charge in [-0.1, -0.05) is 20.8 Å². The minimum Gasteiger partial charge on any atom is -0.298 e. The summed E-state index contributed by atoms with van der Waals surface area (Å²) >= 11 is 0. The Hall–Kier alpha value is -0.410. The van der Waals surface area contributed by atoms with E-state index in [-0.39, 0.29) is 18.2 Å². The highest BCUT2D eigenvalue weighted by atomic mass is 16.1. The molecular weight excluding hydrogens is 128 g/mol. The van der Waals surface area contributed by atoms with Crippen molar-refractivity contribution >= 4 is 5.78 Å². The molecule has 0 amide bonds. The number of Topliss-reactive ketones (excluding diaryl/α,β-unsaturated/α-hetero) is 1. The van der Waals surface area contributed by atoms with Crippen molar-refractivity contribution in [2.45, 2.75) is 20.8 Å². The molecule has 0 bridgehead atoms. The molecule has 0 saturated heterocycles. The summed E-state index contributed by atoms with van der Waals surface area (Å²) in [6, 6.07) is 0. The number of hydrogen-bond donors (Lipinski definition) is 2. The van der Waals surface area contributed by atoms with Crippen molar-refractivity contribution in [1.82, 2.24) is 5.43 Å². The lowest BCUT2D eigenvalue weighted by Gasteiger charge is -2.12. The molecule has 0 aromatic heterocycles. The summed E-state index contributed by atoms with van der Waals surface area (Å²) in [5.41, 5.74) is 2.35. The zero-order valence-electron chi connectivity index (χ0n) is 6.85. The van der Waals surface area contributed by atoms with Crippen LogP contribution in [0.25, 0.3) is 0 Å². The Morgan fingerprint density at radius 1 is 1.50 bits per heavy atom. The van der Waals surface area contributed by atoms with Crippen LogP contribution in [0.3, 0.4) is 0 Å². The lowest BCUT2D eigenvalue weighted by molar-refractivity contribution is -0.122. The topological polar surface area (TPSA) is 55.1 Å². The first-order valence-corrected chi connectivity index (χ1v) is 3.55. The van der Waals surface area contributed by atoms with E-state index in [1.165, 1.54) is 0 Å². The maximum atomic E-state index is 11.0. The van der Waals surface area contributed by atoms with Crippen LogP contribution >= 0.6 is 0 Å². The monoisotopic (exact) mass is 144 g/mol. The first-order chi connectivity index (χ1) is 4.59. The molecule has 3 N–H and O–H groups in total. The highest BCUT2D eigenvalue weighted by Gasteiger charge is 2.14. The van der Waals surface area contributed by atoms with E-state index >= 15 is 0 Å². The number of hydrogen-bond acceptors (Lipinski definition) is 3. The molecule has 0 aliphatic heterocycles. The molecule has 60 valence electrons. The Morgan fingerprint density at radius 2 is 2.00 bits per heavy atom. The van der Waals surface area contributed by atoms with Crippen LogP contribution in [-0.4, -0.2) is 12.3 Å². The van der Waals surface area contributed by atoms with Gasteiger partial charge in [0.1, 0.15) is 0 Å². The average molecular weight is 144 g/mol. The molecule has 3 nitrogen and oxygen atoms in total. The molecule has 0 radical (unpaired) electrons. The normalized spacial score (nSPS) is 13.7. The maximum Gasteiger partial charge on any atom is 0.151 e. The summed E-state index contributed by atoms with van der Waals surface area (Å²) < 4.78 is 0. The number of rotatable bonds is 4. The Balaban J connectivity index is 3.71. The predicted molar refractivity (Wildman–Crippen MR) is 41.2 cm³/mol. The molecule has 10 heavy (non-hydrogen) atoms. The molecule has 1 unspecified atom stereocenters. The Labute approximate surface area is 62.0 Å². The lowest BCUT2D eigenvalue weighted by Crippen LogP contribution is -2.33. The molecule has 0 aromatic carbocycles. The van der Waals surface area contributed by atoms with Crippen LogP contribution in [-0.2, 0) is 4.79 Å². The number of nitrogens with two attached hydrogens (primary N) is 1. The van der Waals surface area contributed by atoms with Crippen molar-refractivity contribution in [3.05, 3.63) is 0 Å². The molecule has 3 heteroatoms. The summed E-state index contributed by atoms with van der Waals surface area (Å²) in [5, 5.41) is 0. The molecule has 0 saturated carbocycles. The maximum absolute atomic E-state index is 11.0. The third kappa shape index (κ3) is 2.94. The molecule has 0 aliphatic rings. The van der Waals surface area contributed by atoms with Gasteiger partial charge in [-0.25, -0.2) is 0 Å². The lowest BCUT2D eigenvalue weighted by atomic mass is 9.94. The first-order valence-electron chi connectivity index (χ1n) is 3.55. The van der Waals surface area contributed by atoms with Crippen LogP contribution < -0.4 is 11.3 Å². The molecule has 0 fully saturated rings. The van der Waals surface area contributed by atoms with Crippen molar-refractivity contribution in [2.24, 2.45) is 17.7 Å². The van der Waals surface area contributed by atoms with Crippen molar-refractivity contribution in [1.29, 1.82) is 0 Å². The zero-order chi connectivity index (χ0) is 8.15. The van der Waals surface area contributed by atoms with E-state index in [4.69, 9.17) is 5.84 Å². The molecular formula is C7H16N2O. The fourth-order valence-corrected chi connectivity index (χ4v) is 0.633. The van der Waals surface area contributed by atoms with Crippen LogP contribution in [0, 0.1) is 11.8 Å². The number of carbonyl (C=O) groups excluding carboxylic acids is 1. The van der Waals surface area contributed by atoms with E-state index in [0.29, 0.717) is 5.92 Å². The van der Waals surface area contributed by atoms with E-state index in [1.54, 1.807) is 0 Å². The van der Waals surface area contributed by atoms with Crippen molar-refractivity contribution in [2.75, 3.05) is 6.54 Å². The molecule has 0 heterocycles. The van der Waals surface area contributed by atoms with E-state index < -0.39 is 0 Å². The quantitative estimate of drug-likeness (QED) is 0.441. The minimum absolute atomic E-state index is 0.107. The van der Waals surface area contributed by atoms with Crippen LogP contribution in [0.4, 0.5) is 0 Å². The van der Waals surface area contributed by atoms with Crippen LogP contribution in [0.1, 0.15) is 20.8 Å². The van der Waals surface area contributed by atoms with E-state index in [1.807, 2.05) is 20.8 Å². The van der Waals surface area contributed by atoms with Gasteiger partial charge < -0.3 is 0 Å². The van der Waals surface area contributed by atoms with Gasteiger partial charge in [0.05, 0.1) is 6.54 Å². The largest absolute Gasteiger partial charge is 0.298 e. The Morgan fingerprint density at radius 3 is 2.30 bits per heavy atom. The Bertz CT molecular complexity index is 112. The van der Waals surface area contributed by atoms with E-state index in [2.05, 4.69) is 5.43 Å². The number of carbonyl (C=O) groups is 1. The van der Waals surface area contributed by atoms with Gasteiger partial charge in [0.25, 0.3) is 0 Å². The molecule has 1 atom stereocenters. The van der Waals surface area contributed by atoms with Gasteiger partial charge in [-0.2, -0.15) is 0 Å². The highest BCUT2D eigenvalue weighted by Crippen LogP contribution is 2.09. The van der Waals surface area contributed by atoms with Crippen LogP contribution in [0.15, 0.2) is 0 Å². The second-order valence-electron chi connectivity index (χ2n) is 2.88. The van der Waals surface area contributed by atoms with Crippen LogP contribution in [0.2, 0.25) is 0 Å². The minimum atomic E-state index is 0.107. The SMILES string of the molecule is CC(C)C(C)C(=O)CNN. The third-order valence-corrected chi connectivity index (χ3v) is 1.78. The molecule has 0 rings (SSSR count). The number of hydrazine groups is 1. The Kier molecular flexibility index (Phi) is 4.23. The van der Waals surface area contributed by atoms with Gasteiger partial charge in [-0.15, -0.1) is 0 Å². The van der Waals surface area contributed by atoms with Gasteiger partial charge in [0, 0.05) is 5.92 Å². The van der Waals surface area contributed by atoms with E-state index in [9.17, 15) is 4.79 Å². The standard InChI is InChI=1S/C7H16N2O/c1-5(2)6(3)7(10)4-9-8/h5-6,9H,4,8H2,1-3H3. The molecule has 0 spiro atoms. The third-order valence-electron chi connectivity index (χ3n) is 1.78. The number of ketones is 1. The van der Waals surface area contributed by atoms with E-state index in [0.717, 1.165) is 0 Å². The van der Waals surface area contributed by atoms with Gasteiger partial charge in [-0.3, -0.25) is 16.1 Å². The number of nitrogens with one attached hydrogen (secondary N) is 1. The van der Waals surface area contributed by atoms with Crippen LogP contribution in [0.5, 0.6) is 0 Å². The van der Waals surface area contributed by atoms with Gasteiger partial charge >= 0.3 is 0 Å². The smallest absolute Gasteiger partial charge is 0.151 e. The second kappa shape index (κ2) is 4.41. The summed E-state index contributed by atoms with van der Waals surface area (Å²) in [5.74, 6) is 5.69. The summed E-state index contributed by atoms with van der Waals surface area (Å²) in [4.78, 5) is 11.0. The summed E-state index contributed by atoms with van der Waals surface area (Å²) in [6.07, 6.45) is 0. The van der Waals surface area contributed by atoms with Gasteiger partial charge in [-0.05, 0) is 5.92 Å². The zero-order valence-corrected chi connectivity index (χ0v) is 6.85. The summed E-state index contributed by atoms with van der Waals surface area (Å²) in [6.45, 7) is 6.25. The van der Waals surface area contributed by atoms with Crippen molar-refractivity contribution < 1.29 is 4.79 Å². The van der Waals surface area contributed by atoms with Crippen molar-refractivity contribution in [3.8, 4) is 0 Å². The summed E-state index contributed by atoms with van der Waals surface area (Å²) in [7, 11) is 0. The molecule has 0 aliphatic carbocycles. The molecule has 0 aromatic rings. The fourth-order valence-electron chi connectivity index (χ4n) is 0.633. The van der Waals surface area contributed by atoms with Gasteiger partial charge in [0.2, 0.25) is 0 Å². The average Bonchev–Trinajstić information content (AvgIpc) is 1.87. The second-order valence-corrected chi connectivity index (χ2v) is 2.88. The van der Waals surface area contributed by atoms with Crippen molar-refractivity contribution in [3.63, 3.8) is 0 Å².